The number of hydrogen-bond donors (Lipinski definition) is 3. The number of halogens is 1. The Morgan fingerprint density at radius 1 is 1.28 bits per heavy atom. The number of allylic oxidation sites excluding steroid dienone is 1. The Morgan fingerprint density at radius 2 is 2.00 bits per heavy atom. The van der Waals surface area contributed by atoms with Crippen LogP contribution in [0.1, 0.15) is 18.2 Å². The van der Waals surface area contributed by atoms with E-state index in [9.17, 15) is 0 Å². The Bertz CT molecular complexity index is 746. The molecule has 0 aliphatic carbocycles. The average Bonchev–Trinajstić information content (AvgIpc) is 2.60. The first-order chi connectivity index (χ1) is 12.0. The van der Waals surface area contributed by atoms with Gasteiger partial charge >= 0.3 is 0 Å². The van der Waals surface area contributed by atoms with E-state index < -0.39 is 0 Å². The lowest BCUT2D eigenvalue weighted by atomic mass is 10.2. The minimum absolute atomic E-state index is 0.0467. The maximum atomic E-state index is 7.47. The van der Waals surface area contributed by atoms with Crippen molar-refractivity contribution in [2.75, 3.05) is 17.2 Å². The molecule has 0 aliphatic rings. The number of nitrogens with one attached hydrogen (secondary N) is 3. The molecule has 132 valence electrons. The Kier molecular flexibility index (Phi) is 6.77. The van der Waals surface area contributed by atoms with E-state index in [0.29, 0.717) is 23.2 Å². The van der Waals surface area contributed by atoms with Gasteiger partial charge in [0.15, 0.2) is 5.76 Å². The molecule has 1 heterocycles. The lowest BCUT2D eigenvalue weighted by Gasteiger charge is -2.17. The molecule has 0 aliphatic heterocycles. The third-order valence-electron chi connectivity index (χ3n) is 3.42. The van der Waals surface area contributed by atoms with Crippen molar-refractivity contribution in [1.82, 2.24) is 9.97 Å². The van der Waals surface area contributed by atoms with Crippen LogP contribution in [0.4, 0.5) is 11.5 Å². The number of aryl methyl sites for hydroxylation is 2. The summed E-state index contributed by atoms with van der Waals surface area (Å²) in [5.41, 5.74) is 2.84. The van der Waals surface area contributed by atoms with Crippen LogP contribution >= 0.6 is 11.6 Å². The van der Waals surface area contributed by atoms with Crippen molar-refractivity contribution in [3.05, 3.63) is 58.8 Å². The van der Waals surface area contributed by atoms with Gasteiger partial charge in [-0.05, 0) is 32.9 Å². The van der Waals surface area contributed by atoms with Gasteiger partial charge in [0.05, 0.1) is 18.0 Å². The van der Waals surface area contributed by atoms with Crippen molar-refractivity contribution in [2.45, 2.75) is 26.8 Å². The summed E-state index contributed by atoms with van der Waals surface area (Å²) in [6.45, 7) is 6.16. The topological polar surface area (TPSA) is 82.9 Å². The highest BCUT2D eigenvalue weighted by atomic mass is 35.5. The van der Waals surface area contributed by atoms with Gasteiger partial charge in [0, 0.05) is 11.9 Å². The molecule has 0 bridgehead atoms. The number of rotatable bonds is 8. The van der Waals surface area contributed by atoms with E-state index >= 15 is 0 Å². The molecular formula is C18H22ClN5O. The maximum Gasteiger partial charge on any atom is 0.152 e. The third-order valence-corrected chi connectivity index (χ3v) is 3.87. The first-order valence-electron chi connectivity index (χ1n) is 7.90. The number of hydrogen-bond acceptors (Lipinski definition) is 6. The second kappa shape index (κ2) is 9.03. The minimum Gasteiger partial charge on any atom is -0.488 e. The summed E-state index contributed by atoms with van der Waals surface area (Å²) in [6.07, 6.45) is 4.29. The van der Waals surface area contributed by atoms with Gasteiger partial charge in [-0.3, -0.25) is 0 Å². The molecular weight excluding hydrogens is 338 g/mol. The first-order valence-corrected chi connectivity index (χ1v) is 8.27. The van der Waals surface area contributed by atoms with Crippen LogP contribution in [0.15, 0.2) is 42.6 Å². The summed E-state index contributed by atoms with van der Waals surface area (Å²) in [5, 5.41) is 14.3. The predicted molar refractivity (Wildman–Crippen MR) is 102 cm³/mol. The predicted octanol–water partition coefficient (Wildman–Crippen LogP) is 4.17. The molecule has 3 N–H and O–H groups in total. The van der Waals surface area contributed by atoms with Gasteiger partial charge in [-0.15, -0.1) is 0 Å². The molecule has 0 saturated heterocycles. The zero-order chi connectivity index (χ0) is 18.2. The molecule has 1 aromatic carbocycles. The van der Waals surface area contributed by atoms with E-state index in [1.807, 2.05) is 45.0 Å². The van der Waals surface area contributed by atoms with Crippen LogP contribution in [-0.2, 0) is 4.74 Å². The fourth-order valence-electron chi connectivity index (χ4n) is 1.98. The maximum absolute atomic E-state index is 7.47. The van der Waals surface area contributed by atoms with Crippen molar-refractivity contribution in [3.8, 4) is 0 Å². The Labute approximate surface area is 152 Å². The van der Waals surface area contributed by atoms with Gasteiger partial charge in [-0.2, -0.15) is 0 Å². The Hall–Kier alpha value is -2.60. The second-order valence-electron chi connectivity index (χ2n) is 5.68. The van der Waals surface area contributed by atoms with Gasteiger partial charge in [-0.25, -0.2) is 9.97 Å². The molecule has 0 radical (unpaired) electrons. The molecule has 1 aromatic heterocycles. The van der Waals surface area contributed by atoms with Crippen LogP contribution in [0, 0.1) is 19.3 Å². The van der Waals surface area contributed by atoms with Gasteiger partial charge in [0.2, 0.25) is 0 Å². The molecule has 25 heavy (non-hydrogen) atoms. The van der Waals surface area contributed by atoms with E-state index in [0.717, 1.165) is 17.6 Å². The molecule has 1 unspecified atom stereocenters. The van der Waals surface area contributed by atoms with Crippen molar-refractivity contribution in [3.63, 3.8) is 0 Å². The normalized spacial score (nSPS) is 12.4. The third kappa shape index (κ3) is 5.76. The summed E-state index contributed by atoms with van der Waals surface area (Å²) in [5.74, 6) is 1.00. The number of benzene rings is 1. The van der Waals surface area contributed by atoms with E-state index in [1.54, 1.807) is 6.20 Å². The first kappa shape index (κ1) is 18.7. The van der Waals surface area contributed by atoms with E-state index in [1.165, 1.54) is 11.9 Å². The molecule has 6 nitrogen and oxygen atoms in total. The second-order valence-corrected chi connectivity index (χ2v) is 6.06. The highest BCUT2D eigenvalue weighted by Crippen LogP contribution is 2.21. The van der Waals surface area contributed by atoms with E-state index in [4.69, 9.17) is 21.7 Å². The molecule has 0 spiro atoms. The fourth-order valence-corrected chi connectivity index (χ4v) is 2.14. The molecule has 0 fully saturated rings. The summed E-state index contributed by atoms with van der Waals surface area (Å²) < 4.78 is 5.65. The van der Waals surface area contributed by atoms with Crippen molar-refractivity contribution >= 4 is 29.3 Å². The summed E-state index contributed by atoms with van der Waals surface area (Å²) >= 11 is 6.17. The van der Waals surface area contributed by atoms with E-state index in [-0.39, 0.29) is 6.04 Å². The van der Waals surface area contributed by atoms with Crippen LogP contribution in [0.25, 0.3) is 0 Å². The number of anilines is 2. The zero-order valence-corrected chi connectivity index (χ0v) is 15.3. The highest BCUT2D eigenvalue weighted by Gasteiger charge is 2.10. The number of aromatic nitrogens is 2. The summed E-state index contributed by atoms with van der Waals surface area (Å²) in [4.78, 5) is 8.16. The van der Waals surface area contributed by atoms with Crippen LogP contribution in [0.5, 0.6) is 0 Å². The number of nitrogens with zero attached hydrogens (tertiary/aromatic N) is 2. The largest absolute Gasteiger partial charge is 0.488 e. The van der Waals surface area contributed by atoms with Crippen molar-refractivity contribution < 1.29 is 4.74 Å². The molecule has 0 saturated carbocycles. The van der Waals surface area contributed by atoms with E-state index in [2.05, 4.69) is 20.6 Å². The Morgan fingerprint density at radius 3 is 2.68 bits per heavy atom. The smallest absolute Gasteiger partial charge is 0.152 e. The summed E-state index contributed by atoms with van der Waals surface area (Å²) in [7, 11) is 0. The summed E-state index contributed by atoms with van der Waals surface area (Å²) in [6, 6.07) is 7.92. The monoisotopic (exact) mass is 359 g/mol. The van der Waals surface area contributed by atoms with Crippen molar-refractivity contribution in [1.29, 1.82) is 5.41 Å². The zero-order valence-electron chi connectivity index (χ0n) is 14.5. The molecule has 7 heteroatoms. The Balaban J connectivity index is 1.88. The minimum atomic E-state index is -0.0467. The standard InChI is InChI=1S/C18H22ClN5O/c1-12-4-6-15(7-5-12)21-9-16(8-20)25-10-13(2)24-18-17(19)14(3)22-11-23-18/h4-9,11,13,20-21H,10H2,1-3H3,(H,22,23,24)/b16-9+,20-8?. The quantitative estimate of drug-likeness (QED) is 0.486. The average molecular weight is 360 g/mol. The van der Waals surface area contributed by atoms with Gasteiger partial charge in [-0.1, -0.05) is 29.3 Å². The van der Waals surface area contributed by atoms with Gasteiger partial charge in [0.1, 0.15) is 23.8 Å². The molecule has 2 aromatic rings. The molecule has 2 rings (SSSR count). The SMILES string of the molecule is Cc1ccc(N/C=C(\C=N)OCC(C)Nc2ncnc(C)c2Cl)cc1. The lowest BCUT2D eigenvalue weighted by Crippen LogP contribution is -2.23. The van der Waals surface area contributed by atoms with Gasteiger partial charge < -0.3 is 20.8 Å². The highest BCUT2D eigenvalue weighted by molar-refractivity contribution is 6.33. The van der Waals surface area contributed by atoms with Crippen LogP contribution in [-0.4, -0.2) is 28.8 Å². The van der Waals surface area contributed by atoms with Crippen molar-refractivity contribution in [2.24, 2.45) is 0 Å². The fraction of sp³-hybridized carbons (Fsp3) is 0.278. The number of ether oxygens (including phenoxy) is 1. The molecule has 1 atom stereocenters. The van der Waals surface area contributed by atoms with Crippen LogP contribution in [0.3, 0.4) is 0 Å². The lowest BCUT2D eigenvalue weighted by molar-refractivity contribution is 0.222. The van der Waals surface area contributed by atoms with Crippen LogP contribution in [0.2, 0.25) is 5.02 Å². The van der Waals surface area contributed by atoms with Gasteiger partial charge in [0.25, 0.3) is 0 Å². The van der Waals surface area contributed by atoms with Crippen LogP contribution < -0.4 is 10.6 Å². The molecule has 0 amide bonds.